The van der Waals surface area contributed by atoms with Crippen LogP contribution in [0, 0.1) is 25.2 Å². The van der Waals surface area contributed by atoms with Crippen LogP contribution >= 0.6 is 0 Å². The van der Waals surface area contributed by atoms with Gasteiger partial charge >= 0.3 is 0 Å². The van der Waals surface area contributed by atoms with Crippen LogP contribution in [0.1, 0.15) is 22.3 Å². The first kappa shape index (κ1) is 12.3. The normalized spacial score (nSPS) is 10.1. The van der Waals surface area contributed by atoms with Gasteiger partial charge in [0.15, 0.2) is 0 Å². The standard InChI is InChI=1S/C16H15NO/c1-11-8-16(12(2)7-15(11)10-18)14-5-3-13(9-17)4-6-14/h3-8,18H,10H2,1-2H3. The van der Waals surface area contributed by atoms with E-state index >= 15 is 0 Å². The van der Waals surface area contributed by atoms with Gasteiger partial charge in [-0.15, -0.1) is 0 Å². The third kappa shape index (κ3) is 2.27. The van der Waals surface area contributed by atoms with E-state index in [1.807, 2.05) is 44.2 Å². The first-order chi connectivity index (χ1) is 8.65. The van der Waals surface area contributed by atoms with Gasteiger partial charge in [-0.2, -0.15) is 5.26 Å². The highest BCUT2D eigenvalue weighted by Crippen LogP contribution is 2.26. The van der Waals surface area contributed by atoms with Gasteiger partial charge < -0.3 is 5.11 Å². The predicted molar refractivity (Wildman–Crippen MR) is 72.0 cm³/mol. The topological polar surface area (TPSA) is 44.0 Å². The minimum Gasteiger partial charge on any atom is -0.392 e. The molecule has 0 spiro atoms. The number of aryl methyl sites for hydroxylation is 2. The van der Waals surface area contributed by atoms with Gasteiger partial charge in [0.1, 0.15) is 0 Å². The van der Waals surface area contributed by atoms with Crippen LogP contribution < -0.4 is 0 Å². The van der Waals surface area contributed by atoms with Crippen molar-refractivity contribution in [3.8, 4) is 17.2 Å². The Labute approximate surface area is 107 Å². The Morgan fingerprint density at radius 2 is 1.72 bits per heavy atom. The minimum atomic E-state index is 0.0698. The second-order valence-electron chi connectivity index (χ2n) is 4.44. The molecule has 0 fully saturated rings. The molecule has 0 saturated carbocycles. The molecule has 90 valence electrons. The second-order valence-corrected chi connectivity index (χ2v) is 4.44. The van der Waals surface area contributed by atoms with Crippen LogP contribution in [0.4, 0.5) is 0 Å². The smallest absolute Gasteiger partial charge is 0.0991 e. The molecule has 0 amide bonds. The quantitative estimate of drug-likeness (QED) is 0.870. The maximum atomic E-state index is 9.24. The molecule has 2 aromatic carbocycles. The number of hydrogen-bond acceptors (Lipinski definition) is 2. The number of rotatable bonds is 2. The summed E-state index contributed by atoms with van der Waals surface area (Å²) in [7, 11) is 0. The van der Waals surface area contributed by atoms with Crippen LogP contribution in [-0.2, 0) is 6.61 Å². The van der Waals surface area contributed by atoms with E-state index in [-0.39, 0.29) is 6.61 Å². The summed E-state index contributed by atoms with van der Waals surface area (Å²) in [4.78, 5) is 0. The summed E-state index contributed by atoms with van der Waals surface area (Å²) in [5.74, 6) is 0. The largest absolute Gasteiger partial charge is 0.392 e. The van der Waals surface area contributed by atoms with E-state index in [1.54, 1.807) is 0 Å². The molecular formula is C16H15NO. The zero-order chi connectivity index (χ0) is 13.1. The molecule has 0 aliphatic carbocycles. The lowest BCUT2D eigenvalue weighted by atomic mass is 9.95. The number of hydrogen-bond donors (Lipinski definition) is 1. The molecule has 1 N–H and O–H groups in total. The molecule has 0 aliphatic rings. The van der Waals surface area contributed by atoms with Crippen LogP contribution in [0.2, 0.25) is 0 Å². The first-order valence-corrected chi connectivity index (χ1v) is 5.87. The molecule has 2 rings (SSSR count). The van der Waals surface area contributed by atoms with Gasteiger partial charge in [0.2, 0.25) is 0 Å². The van der Waals surface area contributed by atoms with E-state index in [1.165, 1.54) is 0 Å². The van der Waals surface area contributed by atoms with Crippen molar-refractivity contribution in [3.63, 3.8) is 0 Å². The van der Waals surface area contributed by atoms with Gasteiger partial charge in [0.05, 0.1) is 18.2 Å². The Morgan fingerprint density at radius 3 is 2.28 bits per heavy atom. The lowest BCUT2D eigenvalue weighted by Gasteiger charge is -2.11. The van der Waals surface area contributed by atoms with Crippen LogP contribution in [0.5, 0.6) is 0 Å². The summed E-state index contributed by atoms with van der Waals surface area (Å²) in [6.45, 7) is 4.10. The Kier molecular flexibility index (Phi) is 3.45. The lowest BCUT2D eigenvalue weighted by molar-refractivity contribution is 0.281. The van der Waals surface area contributed by atoms with E-state index in [9.17, 15) is 5.11 Å². The molecule has 2 aromatic rings. The molecular weight excluding hydrogens is 222 g/mol. The third-order valence-corrected chi connectivity index (χ3v) is 3.18. The fraction of sp³-hybridized carbons (Fsp3) is 0.188. The van der Waals surface area contributed by atoms with Gasteiger partial charge in [-0.3, -0.25) is 0 Å². The predicted octanol–water partition coefficient (Wildman–Crippen LogP) is 3.33. The summed E-state index contributed by atoms with van der Waals surface area (Å²) in [5.41, 5.74) is 6.09. The number of benzene rings is 2. The highest BCUT2D eigenvalue weighted by molar-refractivity contribution is 5.69. The summed E-state index contributed by atoms with van der Waals surface area (Å²) in [6.07, 6.45) is 0. The minimum absolute atomic E-state index is 0.0698. The maximum Gasteiger partial charge on any atom is 0.0991 e. The highest BCUT2D eigenvalue weighted by Gasteiger charge is 2.06. The molecule has 0 radical (unpaired) electrons. The van der Waals surface area contributed by atoms with Crippen LogP contribution in [0.3, 0.4) is 0 Å². The van der Waals surface area contributed by atoms with Crippen molar-refractivity contribution in [3.05, 3.63) is 58.7 Å². The fourth-order valence-corrected chi connectivity index (χ4v) is 2.08. The molecule has 18 heavy (non-hydrogen) atoms. The molecule has 0 bridgehead atoms. The maximum absolute atomic E-state index is 9.24. The fourth-order valence-electron chi connectivity index (χ4n) is 2.08. The van der Waals surface area contributed by atoms with Crippen molar-refractivity contribution >= 4 is 0 Å². The van der Waals surface area contributed by atoms with Crippen LogP contribution in [0.15, 0.2) is 36.4 Å². The molecule has 0 saturated heterocycles. The van der Waals surface area contributed by atoms with E-state index in [4.69, 9.17) is 5.26 Å². The van der Waals surface area contributed by atoms with Crippen molar-refractivity contribution in [2.24, 2.45) is 0 Å². The molecule has 2 nitrogen and oxygen atoms in total. The Balaban J connectivity index is 2.50. The zero-order valence-corrected chi connectivity index (χ0v) is 10.6. The molecule has 0 atom stereocenters. The lowest BCUT2D eigenvalue weighted by Crippen LogP contribution is -1.93. The summed E-state index contributed by atoms with van der Waals surface area (Å²) < 4.78 is 0. The summed E-state index contributed by atoms with van der Waals surface area (Å²) in [5, 5.41) is 18.0. The average molecular weight is 237 g/mol. The first-order valence-electron chi connectivity index (χ1n) is 5.87. The third-order valence-electron chi connectivity index (χ3n) is 3.18. The average Bonchev–Trinajstić information content (AvgIpc) is 2.41. The number of nitriles is 1. The van der Waals surface area contributed by atoms with Gasteiger partial charge in [-0.05, 0) is 53.8 Å². The van der Waals surface area contributed by atoms with Gasteiger partial charge in [-0.25, -0.2) is 0 Å². The molecule has 0 aromatic heterocycles. The van der Waals surface area contributed by atoms with Crippen molar-refractivity contribution in [2.75, 3.05) is 0 Å². The molecule has 0 heterocycles. The van der Waals surface area contributed by atoms with E-state index in [2.05, 4.69) is 12.1 Å². The van der Waals surface area contributed by atoms with E-state index in [0.717, 1.165) is 27.8 Å². The monoisotopic (exact) mass is 237 g/mol. The van der Waals surface area contributed by atoms with Crippen LogP contribution in [0.25, 0.3) is 11.1 Å². The zero-order valence-electron chi connectivity index (χ0n) is 10.6. The Hall–Kier alpha value is -2.11. The number of nitrogens with zero attached hydrogens (tertiary/aromatic N) is 1. The van der Waals surface area contributed by atoms with Crippen molar-refractivity contribution in [2.45, 2.75) is 20.5 Å². The molecule has 2 heteroatoms. The van der Waals surface area contributed by atoms with Crippen molar-refractivity contribution in [1.82, 2.24) is 0 Å². The number of aliphatic hydroxyl groups is 1. The van der Waals surface area contributed by atoms with Crippen molar-refractivity contribution < 1.29 is 5.11 Å². The van der Waals surface area contributed by atoms with E-state index < -0.39 is 0 Å². The highest BCUT2D eigenvalue weighted by atomic mass is 16.3. The second kappa shape index (κ2) is 5.03. The Bertz CT molecular complexity index is 606. The number of aliphatic hydroxyl groups excluding tert-OH is 1. The molecule has 0 aliphatic heterocycles. The van der Waals surface area contributed by atoms with E-state index in [0.29, 0.717) is 5.56 Å². The van der Waals surface area contributed by atoms with Crippen LogP contribution in [-0.4, -0.2) is 5.11 Å². The van der Waals surface area contributed by atoms with Gasteiger partial charge in [-0.1, -0.05) is 24.3 Å². The molecule has 0 unspecified atom stereocenters. The SMILES string of the molecule is Cc1cc(-c2ccc(C#N)cc2)c(C)cc1CO. The Morgan fingerprint density at radius 1 is 1.06 bits per heavy atom. The summed E-state index contributed by atoms with van der Waals surface area (Å²) in [6, 6.07) is 13.8. The van der Waals surface area contributed by atoms with Crippen molar-refractivity contribution in [1.29, 1.82) is 5.26 Å². The van der Waals surface area contributed by atoms with Gasteiger partial charge in [0, 0.05) is 0 Å². The van der Waals surface area contributed by atoms with Gasteiger partial charge in [0.25, 0.3) is 0 Å². The summed E-state index contributed by atoms with van der Waals surface area (Å²) >= 11 is 0.